The fraction of sp³-hybridized carbons (Fsp3) is 0.316. The Kier molecular flexibility index (Phi) is 7.56. The fourth-order valence-electron chi connectivity index (χ4n) is 3.50. The van der Waals surface area contributed by atoms with Crippen molar-refractivity contribution in [1.29, 1.82) is 0 Å². The molecule has 3 aromatic rings. The quantitative estimate of drug-likeness (QED) is 0.274. The number of thioether (sulfide) groups is 1. The Morgan fingerprint density at radius 2 is 1.74 bits per heavy atom. The van der Waals surface area contributed by atoms with Crippen molar-refractivity contribution in [2.45, 2.75) is 24.3 Å². The molecule has 0 radical (unpaired) electrons. The summed E-state index contributed by atoms with van der Waals surface area (Å²) in [5, 5.41) is 2.30. The van der Waals surface area contributed by atoms with E-state index < -0.39 is 20.2 Å². The number of aryl methyl sites for hydroxylation is 1. The fourth-order valence-corrected chi connectivity index (χ4v) is 7.15. The molecule has 0 atom stereocenters. The Morgan fingerprint density at radius 1 is 1.06 bits per heavy atom. The van der Waals surface area contributed by atoms with Crippen LogP contribution in [0.5, 0.6) is 0 Å². The zero-order valence-electron chi connectivity index (χ0n) is 17.3. The number of hydrogen-bond donors (Lipinski definition) is 2. The van der Waals surface area contributed by atoms with E-state index in [1.807, 2.05) is 15.5 Å². The van der Waals surface area contributed by atoms with Crippen LogP contribution in [0.3, 0.4) is 0 Å². The lowest BCUT2D eigenvalue weighted by Gasteiger charge is -2.20. The monoisotopic (exact) mass is 585 g/mol. The molecule has 0 unspecified atom stereocenters. The normalized spacial score (nSPS) is 15.5. The van der Waals surface area contributed by atoms with Gasteiger partial charge in [0.1, 0.15) is 4.70 Å². The third-order valence-corrected chi connectivity index (χ3v) is 9.43. The predicted octanol–water partition coefficient (Wildman–Crippen LogP) is 4.56. The van der Waals surface area contributed by atoms with Crippen LogP contribution in [0, 0.1) is 0 Å². The van der Waals surface area contributed by atoms with Crippen LogP contribution in [0.15, 0.2) is 38.8 Å². The highest BCUT2D eigenvalue weighted by molar-refractivity contribution is 8.04. The van der Waals surface area contributed by atoms with E-state index in [0.717, 1.165) is 25.3 Å². The maximum Gasteiger partial charge on any atom is 0.392 e. The van der Waals surface area contributed by atoms with Crippen LogP contribution in [0.1, 0.15) is 17.8 Å². The van der Waals surface area contributed by atoms with Crippen molar-refractivity contribution in [1.82, 2.24) is 0 Å². The Bertz CT molecular complexity index is 1480. The summed E-state index contributed by atoms with van der Waals surface area (Å²) in [4.78, 5) is 2.74. The van der Waals surface area contributed by atoms with Gasteiger partial charge in [-0.25, -0.2) is 0 Å². The van der Waals surface area contributed by atoms with E-state index in [2.05, 4.69) is 0 Å². The van der Waals surface area contributed by atoms with Gasteiger partial charge in [0.2, 0.25) is 0 Å². The first kappa shape index (κ1) is 25.8. The van der Waals surface area contributed by atoms with Crippen molar-refractivity contribution in [3.63, 3.8) is 0 Å². The zero-order chi connectivity index (χ0) is 24.7. The molecule has 1 aliphatic rings. The van der Waals surface area contributed by atoms with Crippen molar-refractivity contribution >= 4 is 88.7 Å². The molecule has 0 saturated heterocycles. The number of hydrogen-bond acceptors (Lipinski definition) is 8. The minimum atomic E-state index is -4.11. The van der Waals surface area contributed by atoms with Gasteiger partial charge in [-0.05, 0) is 18.6 Å². The number of halogens is 2. The molecule has 1 aromatic carbocycles. The summed E-state index contributed by atoms with van der Waals surface area (Å²) < 4.78 is 71.2. The molecule has 15 heteroatoms. The Balaban J connectivity index is 1.69. The number of furan rings is 1. The molecular weight excluding hydrogens is 567 g/mol. The van der Waals surface area contributed by atoms with Crippen molar-refractivity contribution in [2.24, 2.45) is 0 Å². The van der Waals surface area contributed by atoms with E-state index in [0.29, 0.717) is 28.8 Å². The van der Waals surface area contributed by atoms with Crippen LogP contribution in [0.4, 0.5) is 5.69 Å². The van der Waals surface area contributed by atoms with Crippen molar-refractivity contribution < 1.29 is 34.9 Å². The van der Waals surface area contributed by atoms with Gasteiger partial charge in [-0.1, -0.05) is 46.3 Å². The lowest BCUT2D eigenvalue weighted by atomic mass is 10.2. The number of thiazole rings is 1. The maximum absolute atomic E-state index is 11.2. The second-order valence-corrected chi connectivity index (χ2v) is 13.5. The highest BCUT2D eigenvalue weighted by atomic mass is 35.5. The number of rotatable bonds is 9. The molecule has 4 rings (SSSR count). The maximum atomic E-state index is 11.2. The van der Waals surface area contributed by atoms with E-state index in [1.54, 1.807) is 24.5 Å². The number of aromatic nitrogens is 1. The number of fused-ring (bicyclic) bond motifs is 2. The van der Waals surface area contributed by atoms with Crippen LogP contribution in [0.2, 0.25) is 10.0 Å². The van der Waals surface area contributed by atoms with Crippen molar-refractivity contribution in [2.75, 3.05) is 23.0 Å². The molecule has 9 nitrogen and oxygen atoms in total. The number of nitrogens with zero attached hydrogens (tertiary/aromatic N) is 2. The zero-order valence-corrected chi connectivity index (χ0v) is 22.1. The summed E-state index contributed by atoms with van der Waals surface area (Å²) in [6.07, 6.45) is 3.80. The molecule has 0 amide bonds. The van der Waals surface area contributed by atoms with Gasteiger partial charge >= 0.3 is 5.71 Å². The molecule has 0 saturated carbocycles. The van der Waals surface area contributed by atoms with Gasteiger partial charge in [0, 0.05) is 23.9 Å². The van der Waals surface area contributed by atoms with Gasteiger partial charge in [0.05, 0.1) is 44.6 Å². The van der Waals surface area contributed by atoms with Gasteiger partial charge < -0.3 is 9.32 Å². The van der Waals surface area contributed by atoms with Gasteiger partial charge in [0.25, 0.3) is 25.2 Å². The molecule has 184 valence electrons. The van der Waals surface area contributed by atoms with Crippen molar-refractivity contribution in [3.8, 4) is 0 Å². The highest BCUT2D eigenvalue weighted by Gasteiger charge is 2.30. The van der Waals surface area contributed by atoms with Gasteiger partial charge in [-0.15, -0.1) is 4.57 Å². The smallest absolute Gasteiger partial charge is 0.392 e. The highest BCUT2D eigenvalue weighted by Crippen LogP contribution is 2.49. The van der Waals surface area contributed by atoms with Crippen LogP contribution in [-0.4, -0.2) is 44.0 Å². The Morgan fingerprint density at radius 3 is 2.44 bits per heavy atom. The molecule has 34 heavy (non-hydrogen) atoms. The average molecular weight is 587 g/mol. The molecular formula is C19H19Cl2N2O7S4+. The first-order valence-electron chi connectivity index (χ1n) is 9.87. The second kappa shape index (κ2) is 9.97. The molecule has 1 aliphatic heterocycles. The largest absolute Gasteiger partial charge is 0.412 e. The van der Waals surface area contributed by atoms with E-state index in [4.69, 9.17) is 36.7 Å². The van der Waals surface area contributed by atoms with Crippen molar-refractivity contribution in [3.05, 3.63) is 44.5 Å². The lowest BCUT2D eigenvalue weighted by molar-refractivity contribution is -0.674. The Labute approximate surface area is 214 Å². The van der Waals surface area contributed by atoms with Crippen LogP contribution < -0.4 is 9.47 Å². The average Bonchev–Trinajstić information content (AvgIpc) is 3.37. The third-order valence-electron chi connectivity index (χ3n) is 4.92. The minimum absolute atomic E-state index is 0.178. The van der Waals surface area contributed by atoms with Gasteiger partial charge in [0.15, 0.2) is 6.54 Å². The summed E-state index contributed by atoms with van der Waals surface area (Å²) in [6.45, 7) is 0.596. The molecule has 0 spiro atoms. The van der Waals surface area contributed by atoms with E-state index in [9.17, 15) is 16.8 Å². The molecule has 2 N–H and O–H groups in total. The van der Waals surface area contributed by atoms with Gasteiger partial charge in [-0.3, -0.25) is 9.11 Å². The van der Waals surface area contributed by atoms with Gasteiger partial charge in [-0.2, -0.15) is 16.8 Å². The second-order valence-electron chi connectivity index (χ2n) is 7.43. The number of benzene rings is 1. The van der Waals surface area contributed by atoms with E-state index >= 15 is 0 Å². The molecule has 3 heterocycles. The third kappa shape index (κ3) is 6.08. The summed E-state index contributed by atoms with van der Waals surface area (Å²) in [5.41, 5.74) is 1.34. The van der Waals surface area contributed by atoms with E-state index in [-0.39, 0.29) is 24.3 Å². The first-order valence-corrected chi connectivity index (χ1v) is 15.5. The summed E-state index contributed by atoms with van der Waals surface area (Å²) in [6, 6.07) is 5.25. The Hall–Kier alpha value is -1.32. The van der Waals surface area contributed by atoms with Crippen LogP contribution in [0.25, 0.3) is 16.5 Å². The first-order chi connectivity index (χ1) is 15.9. The standard InChI is InChI=1S/C19H18Cl2N2O7S4/c20-12-9-14-16(10-13(12)21)32-17(22(14)4-1-7-33(24,25)26)11-18-23(5-2-8-34(27,28)29)19-15(31-18)3-6-30-19/h3,6,9-11H,1-2,4-5,7-8H2,(H-,24,25,26,27,28,29)/p+1. The lowest BCUT2D eigenvalue weighted by Crippen LogP contribution is -2.36. The molecule has 0 fully saturated rings. The predicted molar refractivity (Wildman–Crippen MR) is 134 cm³/mol. The van der Waals surface area contributed by atoms with Crippen LogP contribution in [-0.2, 0) is 26.8 Å². The summed E-state index contributed by atoms with van der Waals surface area (Å²) in [5.74, 6) is -0.771. The van der Waals surface area contributed by atoms with Crippen LogP contribution >= 0.6 is 46.3 Å². The molecule has 0 aliphatic carbocycles. The minimum Gasteiger partial charge on any atom is -0.412 e. The number of anilines is 1. The summed E-state index contributed by atoms with van der Waals surface area (Å²) >= 11 is 15.3. The topological polar surface area (TPSA) is 129 Å². The SMILES string of the molecule is O=S(=O)(O)CCCN1C(=Cc2sc3ccoc3[n+]2CCCS(=O)(=O)O)Sc2cc(Cl)c(Cl)cc21. The van der Waals surface area contributed by atoms with E-state index in [1.165, 1.54) is 23.1 Å². The summed E-state index contributed by atoms with van der Waals surface area (Å²) in [7, 11) is -8.20. The molecule has 0 bridgehead atoms. The molecule has 2 aromatic heterocycles.